The van der Waals surface area contributed by atoms with Crippen LogP contribution in [-0.2, 0) is 4.79 Å². The van der Waals surface area contributed by atoms with Crippen LogP contribution in [0.25, 0.3) is 11.6 Å². The van der Waals surface area contributed by atoms with Gasteiger partial charge < -0.3 is 4.42 Å². The second kappa shape index (κ2) is 8.39. The fourth-order valence-electron chi connectivity index (χ4n) is 2.00. The van der Waals surface area contributed by atoms with Gasteiger partial charge in [-0.2, -0.15) is 0 Å². The maximum atomic E-state index is 12.8. The molecule has 1 amide bonds. The second-order valence-electron chi connectivity index (χ2n) is 5.08. The van der Waals surface area contributed by atoms with E-state index in [1.807, 2.05) is 6.07 Å². The fourth-order valence-corrected chi connectivity index (χ4v) is 2.85. The molecular weight excluding hydrogens is 343 g/mol. The molecule has 0 saturated heterocycles. The number of amides is 1. The molecule has 2 aromatic heterocycles. The van der Waals surface area contributed by atoms with Gasteiger partial charge in [0, 0.05) is 17.5 Å². The molecule has 2 heterocycles. The Morgan fingerprint density at radius 3 is 2.76 bits per heavy atom. The van der Waals surface area contributed by atoms with E-state index in [2.05, 4.69) is 20.5 Å². The number of nitrogens with zero attached hydrogens (tertiary/aromatic N) is 3. The van der Waals surface area contributed by atoms with E-state index in [9.17, 15) is 9.18 Å². The average Bonchev–Trinajstić information content (AvgIpc) is 3.09. The number of carbonyl (C=O) groups excluding carboxylic acids is 1. The van der Waals surface area contributed by atoms with Gasteiger partial charge in [-0.3, -0.25) is 15.1 Å². The maximum absolute atomic E-state index is 12.8. The fraction of sp³-hybridized carbons (Fsp3) is 0.176. The summed E-state index contributed by atoms with van der Waals surface area (Å²) in [5.41, 5.74) is 0.547. The highest BCUT2D eigenvalue weighted by Gasteiger charge is 2.11. The summed E-state index contributed by atoms with van der Waals surface area (Å²) in [4.78, 5) is 17.0. The zero-order valence-electron chi connectivity index (χ0n) is 13.2. The molecule has 3 rings (SSSR count). The Hall–Kier alpha value is -2.74. The van der Waals surface area contributed by atoms with Gasteiger partial charge in [-0.1, -0.05) is 11.2 Å². The Balaban J connectivity index is 1.42. The Morgan fingerprint density at radius 1 is 1.16 bits per heavy atom. The van der Waals surface area contributed by atoms with E-state index < -0.39 is 0 Å². The number of hydrogen-bond acceptors (Lipinski definition) is 6. The van der Waals surface area contributed by atoms with Crippen molar-refractivity contribution in [3.05, 3.63) is 54.5 Å². The van der Waals surface area contributed by atoms with Crippen LogP contribution in [0.4, 0.5) is 10.4 Å². The van der Waals surface area contributed by atoms with Crippen molar-refractivity contribution in [1.82, 2.24) is 15.2 Å². The third kappa shape index (κ3) is 5.12. The molecule has 0 aliphatic rings. The predicted molar refractivity (Wildman–Crippen MR) is 92.5 cm³/mol. The lowest BCUT2D eigenvalue weighted by molar-refractivity contribution is -0.116. The highest BCUT2D eigenvalue weighted by atomic mass is 32.2. The van der Waals surface area contributed by atoms with Crippen LogP contribution in [0.2, 0.25) is 0 Å². The van der Waals surface area contributed by atoms with Crippen molar-refractivity contribution in [3.63, 3.8) is 0 Å². The predicted octanol–water partition coefficient (Wildman–Crippen LogP) is 3.78. The molecule has 0 spiro atoms. The molecule has 8 heteroatoms. The average molecular weight is 358 g/mol. The van der Waals surface area contributed by atoms with Gasteiger partial charge in [0.1, 0.15) is 11.5 Å². The summed E-state index contributed by atoms with van der Waals surface area (Å²) in [6, 6.07) is 11.7. The van der Waals surface area contributed by atoms with Gasteiger partial charge in [0.2, 0.25) is 5.91 Å². The SMILES string of the molecule is O=C(CCCSc1ccc(F)cc1)Nc1nnc(-c2ccccn2)o1. The highest BCUT2D eigenvalue weighted by molar-refractivity contribution is 7.99. The van der Waals surface area contributed by atoms with E-state index in [0.29, 0.717) is 18.5 Å². The van der Waals surface area contributed by atoms with E-state index in [4.69, 9.17) is 4.42 Å². The van der Waals surface area contributed by atoms with Crippen LogP contribution in [0.1, 0.15) is 12.8 Å². The summed E-state index contributed by atoms with van der Waals surface area (Å²) >= 11 is 1.57. The first kappa shape index (κ1) is 17.1. The summed E-state index contributed by atoms with van der Waals surface area (Å²) in [7, 11) is 0. The molecule has 1 aromatic carbocycles. The Bertz CT molecular complexity index is 824. The number of anilines is 1. The van der Waals surface area contributed by atoms with Crippen molar-refractivity contribution >= 4 is 23.7 Å². The van der Waals surface area contributed by atoms with Gasteiger partial charge in [0.05, 0.1) is 0 Å². The number of carbonyl (C=O) groups is 1. The number of benzene rings is 1. The highest BCUT2D eigenvalue weighted by Crippen LogP contribution is 2.20. The Labute approximate surface area is 147 Å². The van der Waals surface area contributed by atoms with Crippen LogP contribution >= 0.6 is 11.8 Å². The smallest absolute Gasteiger partial charge is 0.322 e. The first-order valence-corrected chi connectivity index (χ1v) is 8.62. The molecule has 128 valence electrons. The zero-order valence-corrected chi connectivity index (χ0v) is 14.0. The number of halogens is 1. The summed E-state index contributed by atoms with van der Waals surface area (Å²) in [5, 5.41) is 10.2. The monoisotopic (exact) mass is 358 g/mol. The molecule has 3 aromatic rings. The molecule has 0 aliphatic heterocycles. The second-order valence-corrected chi connectivity index (χ2v) is 6.25. The molecule has 0 fully saturated rings. The first-order chi connectivity index (χ1) is 12.2. The third-order valence-electron chi connectivity index (χ3n) is 3.19. The standard InChI is InChI=1S/C17H15FN4O2S/c18-12-6-8-13(9-7-12)25-11-3-5-15(23)20-17-22-21-16(24-17)14-4-1-2-10-19-14/h1-2,4,6-10H,3,5,11H2,(H,20,22,23). The molecule has 0 unspecified atom stereocenters. The van der Waals surface area contributed by atoms with Gasteiger partial charge in [0.25, 0.3) is 5.89 Å². The van der Waals surface area contributed by atoms with E-state index >= 15 is 0 Å². The lowest BCUT2D eigenvalue weighted by Crippen LogP contribution is -2.11. The quantitative estimate of drug-likeness (QED) is 0.511. The van der Waals surface area contributed by atoms with Crippen LogP contribution in [-0.4, -0.2) is 26.8 Å². The summed E-state index contributed by atoms with van der Waals surface area (Å²) in [5.74, 6) is 0.550. The Kier molecular flexibility index (Phi) is 5.73. The van der Waals surface area contributed by atoms with Gasteiger partial charge in [-0.25, -0.2) is 4.39 Å². The lowest BCUT2D eigenvalue weighted by Gasteiger charge is -2.02. The maximum Gasteiger partial charge on any atom is 0.322 e. The van der Waals surface area contributed by atoms with E-state index in [-0.39, 0.29) is 23.6 Å². The van der Waals surface area contributed by atoms with E-state index in [1.165, 1.54) is 12.1 Å². The normalized spacial score (nSPS) is 10.6. The molecule has 6 nitrogen and oxygen atoms in total. The number of rotatable bonds is 7. The van der Waals surface area contributed by atoms with Crippen molar-refractivity contribution in [1.29, 1.82) is 0 Å². The van der Waals surface area contributed by atoms with Crippen molar-refractivity contribution < 1.29 is 13.6 Å². The van der Waals surface area contributed by atoms with Crippen molar-refractivity contribution in [2.75, 3.05) is 11.1 Å². The number of aromatic nitrogens is 3. The lowest BCUT2D eigenvalue weighted by atomic mass is 10.3. The van der Waals surface area contributed by atoms with E-state index in [0.717, 1.165) is 10.6 Å². The van der Waals surface area contributed by atoms with Gasteiger partial charge in [0.15, 0.2) is 0 Å². The molecule has 0 radical (unpaired) electrons. The molecule has 25 heavy (non-hydrogen) atoms. The van der Waals surface area contributed by atoms with Crippen LogP contribution in [0, 0.1) is 5.82 Å². The summed E-state index contributed by atoms with van der Waals surface area (Å²) < 4.78 is 18.2. The minimum Gasteiger partial charge on any atom is -0.401 e. The molecule has 0 aliphatic carbocycles. The Morgan fingerprint density at radius 2 is 2.00 bits per heavy atom. The van der Waals surface area contributed by atoms with E-state index in [1.54, 1.807) is 42.2 Å². The van der Waals surface area contributed by atoms with Gasteiger partial charge in [-0.05, 0) is 48.6 Å². The zero-order chi connectivity index (χ0) is 17.5. The van der Waals surface area contributed by atoms with Crippen LogP contribution in [0.5, 0.6) is 0 Å². The largest absolute Gasteiger partial charge is 0.401 e. The first-order valence-electron chi connectivity index (χ1n) is 7.64. The molecule has 0 bridgehead atoms. The molecule has 0 saturated carbocycles. The number of thioether (sulfide) groups is 1. The third-order valence-corrected chi connectivity index (χ3v) is 4.28. The van der Waals surface area contributed by atoms with Gasteiger partial charge >= 0.3 is 6.01 Å². The van der Waals surface area contributed by atoms with Crippen LogP contribution in [0.15, 0.2) is 58.0 Å². The number of hydrogen-bond donors (Lipinski definition) is 1. The van der Waals surface area contributed by atoms with Crippen molar-refractivity contribution in [3.8, 4) is 11.6 Å². The van der Waals surface area contributed by atoms with Gasteiger partial charge in [-0.15, -0.1) is 16.9 Å². The van der Waals surface area contributed by atoms with Crippen LogP contribution in [0.3, 0.4) is 0 Å². The minimum atomic E-state index is -0.256. The van der Waals surface area contributed by atoms with Crippen LogP contribution < -0.4 is 5.32 Å². The van der Waals surface area contributed by atoms with Crippen molar-refractivity contribution in [2.45, 2.75) is 17.7 Å². The summed E-state index contributed by atoms with van der Waals surface area (Å²) in [6.45, 7) is 0. The molecule has 0 atom stereocenters. The minimum absolute atomic E-state index is 0.0526. The number of pyridine rings is 1. The topological polar surface area (TPSA) is 80.9 Å². The molecular formula is C17H15FN4O2S. The number of nitrogens with one attached hydrogen (secondary N) is 1. The summed E-state index contributed by atoms with van der Waals surface area (Å²) in [6.07, 6.45) is 2.63. The van der Waals surface area contributed by atoms with Crippen molar-refractivity contribution in [2.24, 2.45) is 0 Å². The molecule has 1 N–H and O–H groups in total.